The zero-order valence-corrected chi connectivity index (χ0v) is 15.0. The summed E-state index contributed by atoms with van der Waals surface area (Å²) < 4.78 is 24.7. The van der Waals surface area contributed by atoms with Crippen LogP contribution in [0.15, 0.2) is 48.5 Å². The highest BCUT2D eigenvalue weighted by Crippen LogP contribution is 2.22. The molecule has 2 aromatic carbocycles. The van der Waals surface area contributed by atoms with Crippen molar-refractivity contribution in [3.63, 3.8) is 0 Å². The number of halogens is 1. The monoisotopic (exact) mass is 366 g/mol. The van der Waals surface area contributed by atoms with Crippen molar-refractivity contribution in [1.29, 1.82) is 0 Å². The molecule has 0 radical (unpaired) electrons. The van der Waals surface area contributed by atoms with Crippen LogP contribution in [0.5, 0.6) is 0 Å². The number of hydrogen-bond acceptors (Lipinski definition) is 3. The summed E-state index contributed by atoms with van der Waals surface area (Å²) in [7, 11) is -3.39. The van der Waals surface area contributed by atoms with Gasteiger partial charge in [-0.1, -0.05) is 48.9 Å². The lowest BCUT2D eigenvalue weighted by atomic mass is 10.0. The first-order valence-corrected chi connectivity index (χ1v) is 9.63. The Morgan fingerprint density at radius 3 is 2.42 bits per heavy atom. The molecule has 0 spiro atoms. The standard InChI is InChI=1S/C17H19ClN2O3S/c1-12(13-6-4-3-5-7-13)11-19-17(21)15-9-8-14(10-16(15)18)20-24(2,22)23/h3-10,12,20H,11H2,1-2H3,(H,19,21)/t12-/m1/s1. The molecule has 0 saturated carbocycles. The number of carbonyl (C=O) groups is 1. The molecule has 0 fully saturated rings. The summed E-state index contributed by atoms with van der Waals surface area (Å²) in [6.45, 7) is 2.50. The van der Waals surface area contributed by atoms with Crippen molar-refractivity contribution in [3.8, 4) is 0 Å². The molecule has 24 heavy (non-hydrogen) atoms. The Balaban J connectivity index is 2.02. The lowest BCUT2D eigenvalue weighted by Crippen LogP contribution is -2.27. The molecule has 2 rings (SSSR count). The molecule has 1 amide bonds. The van der Waals surface area contributed by atoms with E-state index >= 15 is 0 Å². The average Bonchev–Trinajstić information content (AvgIpc) is 2.51. The number of rotatable bonds is 6. The first-order valence-electron chi connectivity index (χ1n) is 7.37. The predicted molar refractivity (Wildman–Crippen MR) is 97.1 cm³/mol. The van der Waals surface area contributed by atoms with Crippen LogP contribution in [-0.2, 0) is 10.0 Å². The van der Waals surface area contributed by atoms with Gasteiger partial charge in [0.25, 0.3) is 5.91 Å². The molecule has 2 N–H and O–H groups in total. The molecule has 0 saturated heterocycles. The maximum atomic E-state index is 12.3. The number of benzene rings is 2. The molecule has 0 aliphatic heterocycles. The highest BCUT2D eigenvalue weighted by molar-refractivity contribution is 7.92. The van der Waals surface area contributed by atoms with Gasteiger partial charge in [0.15, 0.2) is 0 Å². The fourth-order valence-electron chi connectivity index (χ4n) is 2.22. The summed E-state index contributed by atoms with van der Waals surface area (Å²) in [5, 5.41) is 3.03. The lowest BCUT2D eigenvalue weighted by molar-refractivity contribution is 0.0952. The van der Waals surface area contributed by atoms with E-state index in [0.29, 0.717) is 17.8 Å². The third-order valence-electron chi connectivity index (χ3n) is 3.45. The van der Waals surface area contributed by atoms with Crippen LogP contribution in [0, 0.1) is 0 Å². The lowest BCUT2D eigenvalue weighted by Gasteiger charge is -2.14. The van der Waals surface area contributed by atoms with Gasteiger partial charge in [0.1, 0.15) is 0 Å². The van der Waals surface area contributed by atoms with Gasteiger partial charge in [-0.3, -0.25) is 9.52 Å². The van der Waals surface area contributed by atoms with Crippen molar-refractivity contribution >= 4 is 33.2 Å². The first-order chi connectivity index (χ1) is 11.3. The molecule has 0 aromatic heterocycles. The number of amides is 1. The SMILES string of the molecule is C[C@H](CNC(=O)c1ccc(NS(C)(=O)=O)cc1Cl)c1ccccc1. The van der Waals surface area contributed by atoms with Crippen LogP contribution in [0.25, 0.3) is 0 Å². The van der Waals surface area contributed by atoms with E-state index in [-0.39, 0.29) is 16.8 Å². The molecule has 1 atom stereocenters. The van der Waals surface area contributed by atoms with Crippen molar-refractivity contribution in [2.45, 2.75) is 12.8 Å². The summed E-state index contributed by atoms with van der Waals surface area (Å²) in [5.41, 5.74) is 1.75. The Hall–Kier alpha value is -2.05. The Morgan fingerprint density at radius 2 is 1.83 bits per heavy atom. The Morgan fingerprint density at radius 1 is 1.17 bits per heavy atom. The highest BCUT2D eigenvalue weighted by atomic mass is 35.5. The number of hydrogen-bond donors (Lipinski definition) is 2. The van der Waals surface area contributed by atoms with Gasteiger partial charge in [0.2, 0.25) is 10.0 Å². The highest BCUT2D eigenvalue weighted by Gasteiger charge is 2.13. The first kappa shape index (κ1) is 18.3. The molecule has 0 bridgehead atoms. The van der Waals surface area contributed by atoms with Gasteiger partial charge >= 0.3 is 0 Å². The molecular weight excluding hydrogens is 348 g/mol. The Labute approximate surface area is 147 Å². The van der Waals surface area contributed by atoms with Crippen molar-refractivity contribution in [2.75, 3.05) is 17.5 Å². The van der Waals surface area contributed by atoms with Gasteiger partial charge in [0.05, 0.1) is 16.8 Å². The van der Waals surface area contributed by atoms with Crippen molar-refractivity contribution in [2.24, 2.45) is 0 Å². The third-order valence-corrected chi connectivity index (χ3v) is 4.37. The Kier molecular flexibility index (Phi) is 5.85. The van der Waals surface area contributed by atoms with Gasteiger partial charge in [-0.05, 0) is 29.7 Å². The van der Waals surface area contributed by atoms with Gasteiger partial charge in [-0.15, -0.1) is 0 Å². The van der Waals surface area contributed by atoms with E-state index in [4.69, 9.17) is 11.6 Å². The van der Waals surface area contributed by atoms with Gasteiger partial charge in [0, 0.05) is 12.2 Å². The van der Waals surface area contributed by atoms with Crippen molar-refractivity contribution in [3.05, 3.63) is 64.7 Å². The second-order valence-electron chi connectivity index (χ2n) is 5.59. The van der Waals surface area contributed by atoms with Gasteiger partial charge in [-0.2, -0.15) is 0 Å². The van der Waals surface area contributed by atoms with Crippen molar-refractivity contribution in [1.82, 2.24) is 5.32 Å². The van der Waals surface area contributed by atoms with Crippen LogP contribution in [0.3, 0.4) is 0 Å². The summed E-state index contributed by atoms with van der Waals surface area (Å²) in [6.07, 6.45) is 1.05. The quantitative estimate of drug-likeness (QED) is 0.824. The number of nitrogens with one attached hydrogen (secondary N) is 2. The maximum Gasteiger partial charge on any atom is 0.252 e. The minimum absolute atomic E-state index is 0.167. The van der Waals surface area contributed by atoms with E-state index in [0.717, 1.165) is 11.8 Å². The molecule has 128 valence electrons. The van der Waals surface area contributed by atoms with E-state index in [9.17, 15) is 13.2 Å². The van der Waals surface area contributed by atoms with E-state index in [1.54, 1.807) is 0 Å². The minimum atomic E-state index is -3.39. The summed E-state index contributed by atoms with van der Waals surface area (Å²) in [6, 6.07) is 14.3. The maximum absolute atomic E-state index is 12.3. The molecule has 0 heterocycles. The minimum Gasteiger partial charge on any atom is -0.351 e. The van der Waals surface area contributed by atoms with Crippen LogP contribution >= 0.6 is 11.6 Å². The fourth-order valence-corrected chi connectivity index (χ4v) is 3.04. The van der Waals surface area contributed by atoms with E-state index in [2.05, 4.69) is 10.0 Å². The topological polar surface area (TPSA) is 75.3 Å². The third kappa shape index (κ3) is 5.25. The molecule has 0 aliphatic rings. The van der Waals surface area contributed by atoms with E-state index in [1.165, 1.54) is 18.2 Å². The fraction of sp³-hybridized carbons (Fsp3) is 0.235. The van der Waals surface area contributed by atoms with E-state index < -0.39 is 10.0 Å². The van der Waals surface area contributed by atoms with Crippen LogP contribution in [0.4, 0.5) is 5.69 Å². The predicted octanol–water partition coefficient (Wildman–Crippen LogP) is 3.25. The van der Waals surface area contributed by atoms with Gasteiger partial charge < -0.3 is 5.32 Å². The largest absolute Gasteiger partial charge is 0.351 e. The molecule has 0 unspecified atom stereocenters. The molecule has 5 nitrogen and oxygen atoms in total. The second kappa shape index (κ2) is 7.68. The number of anilines is 1. The molecule has 2 aromatic rings. The van der Waals surface area contributed by atoms with E-state index in [1.807, 2.05) is 37.3 Å². The average molecular weight is 367 g/mol. The van der Waals surface area contributed by atoms with Crippen LogP contribution in [0.1, 0.15) is 28.8 Å². The molecule has 7 heteroatoms. The normalized spacial score (nSPS) is 12.5. The van der Waals surface area contributed by atoms with Crippen LogP contribution in [-0.4, -0.2) is 27.1 Å². The number of carbonyl (C=O) groups excluding carboxylic acids is 1. The van der Waals surface area contributed by atoms with Crippen LogP contribution in [0.2, 0.25) is 5.02 Å². The van der Waals surface area contributed by atoms with Crippen LogP contribution < -0.4 is 10.0 Å². The number of sulfonamides is 1. The van der Waals surface area contributed by atoms with Crippen molar-refractivity contribution < 1.29 is 13.2 Å². The Bertz CT molecular complexity index is 823. The van der Waals surface area contributed by atoms with Gasteiger partial charge in [-0.25, -0.2) is 8.42 Å². The molecule has 0 aliphatic carbocycles. The summed E-state index contributed by atoms with van der Waals surface area (Å²) in [4.78, 5) is 12.3. The summed E-state index contributed by atoms with van der Waals surface area (Å²) in [5.74, 6) is -0.131. The smallest absolute Gasteiger partial charge is 0.252 e. The molecular formula is C17H19ClN2O3S. The second-order valence-corrected chi connectivity index (χ2v) is 7.75. The summed E-state index contributed by atoms with van der Waals surface area (Å²) >= 11 is 6.09. The zero-order valence-electron chi connectivity index (χ0n) is 13.4. The zero-order chi connectivity index (χ0) is 17.7.